The van der Waals surface area contributed by atoms with Crippen LogP contribution in [0.1, 0.15) is 37.7 Å². The summed E-state index contributed by atoms with van der Waals surface area (Å²) in [7, 11) is 0. The van der Waals surface area contributed by atoms with Crippen molar-refractivity contribution in [2.45, 2.75) is 44.6 Å². The van der Waals surface area contributed by atoms with Crippen LogP contribution >= 0.6 is 0 Å². The number of benzene rings is 2. The zero-order valence-electron chi connectivity index (χ0n) is 15.5. The van der Waals surface area contributed by atoms with E-state index >= 15 is 0 Å². The first-order chi connectivity index (χ1) is 12.9. The molecule has 4 rings (SSSR count). The Labute approximate surface area is 157 Å². The fourth-order valence-corrected chi connectivity index (χ4v) is 4.26. The molecule has 3 nitrogen and oxygen atoms in total. The molecule has 0 bridgehead atoms. The van der Waals surface area contributed by atoms with Gasteiger partial charge in [0.1, 0.15) is 0 Å². The number of rotatable bonds is 5. The van der Waals surface area contributed by atoms with Crippen LogP contribution in [0.3, 0.4) is 0 Å². The Hall–Kier alpha value is -2.29. The molecule has 0 amide bonds. The van der Waals surface area contributed by atoms with Crippen molar-refractivity contribution in [2.75, 3.05) is 18.4 Å². The fourth-order valence-electron chi connectivity index (χ4n) is 4.26. The molecule has 0 aromatic heterocycles. The third-order valence-corrected chi connectivity index (χ3v) is 5.69. The van der Waals surface area contributed by atoms with Gasteiger partial charge in [0.2, 0.25) is 0 Å². The summed E-state index contributed by atoms with van der Waals surface area (Å²) in [6, 6.07) is 21.7. The van der Waals surface area contributed by atoms with E-state index in [1.165, 1.54) is 37.7 Å². The van der Waals surface area contributed by atoms with Crippen LogP contribution in [0, 0.1) is 5.92 Å². The first-order valence-electron chi connectivity index (χ1n) is 10.1. The van der Waals surface area contributed by atoms with Crippen molar-refractivity contribution in [3.8, 4) is 0 Å². The van der Waals surface area contributed by atoms with Crippen LogP contribution in [0.15, 0.2) is 65.7 Å². The number of para-hydroxylation sites is 1. The van der Waals surface area contributed by atoms with Gasteiger partial charge in [-0.2, -0.15) is 0 Å². The average molecular weight is 348 g/mol. The van der Waals surface area contributed by atoms with E-state index < -0.39 is 0 Å². The van der Waals surface area contributed by atoms with Crippen molar-refractivity contribution in [1.29, 1.82) is 0 Å². The Kier molecular flexibility index (Phi) is 5.53. The van der Waals surface area contributed by atoms with E-state index in [1.807, 2.05) is 0 Å². The minimum atomic E-state index is 0.463. The lowest BCUT2D eigenvalue weighted by molar-refractivity contribution is 0.243. The van der Waals surface area contributed by atoms with Gasteiger partial charge in [-0.25, -0.2) is 0 Å². The molecule has 0 radical (unpaired) electrons. The van der Waals surface area contributed by atoms with Crippen molar-refractivity contribution in [3.63, 3.8) is 0 Å². The van der Waals surface area contributed by atoms with Gasteiger partial charge in [0.15, 0.2) is 5.96 Å². The second-order valence-corrected chi connectivity index (χ2v) is 7.66. The molecule has 1 aliphatic carbocycles. The van der Waals surface area contributed by atoms with Crippen molar-refractivity contribution in [2.24, 2.45) is 10.9 Å². The quantitative estimate of drug-likeness (QED) is 0.827. The fraction of sp³-hybridized carbons (Fsp3) is 0.435. The molecular weight excluding hydrogens is 318 g/mol. The average Bonchev–Trinajstić information content (AvgIpc) is 3.05. The summed E-state index contributed by atoms with van der Waals surface area (Å²) in [6.45, 7) is 2.02. The van der Waals surface area contributed by atoms with Gasteiger partial charge in [-0.05, 0) is 42.9 Å². The number of nitrogens with zero attached hydrogens (tertiary/aromatic N) is 2. The van der Waals surface area contributed by atoms with Crippen LogP contribution in [0.5, 0.6) is 0 Å². The first-order valence-corrected chi connectivity index (χ1v) is 10.1. The summed E-state index contributed by atoms with van der Waals surface area (Å²) < 4.78 is 0. The van der Waals surface area contributed by atoms with Crippen molar-refractivity contribution < 1.29 is 0 Å². The van der Waals surface area contributed by atoms with E-state index in [1.54, 1.807) is 0 Å². The van der Waals surface area contributed by atoms with Gasteiger partial charge in [-0.1, -0.05) is 67.8 Å². The maximum absolute atomic E-state index is 4.89. The molecule has 3 heteroatoms. The lowest BCUT2D eigenvalue weighted by atomic mass is 9.88. The molecule has 1 aliphatic heterocycles. The number of anilines is 1. The lowest BCUT2D eigenvalue weighted by Crippen LogP contribution is -2.44. The van der Waals surface area contributed by atoms with E-state index in [4.69, 9.17) is 4.99 Å². The normalized spacial score (nSPS) is 20.8. The molecule has 136 valence electrons. The standard InChI is InChI=1S/C23H29N3/c1-4-10-19(11-5-1)16-22-17-24-23(25-21-14-8-3-9-15-21)26(22)18-20-12-6-2-7-13-20/h1,3-5,8-11,14-15,20,22H,2,6-7,12-13,16-18H2,(H,24,25)/t22-/m0/s1. The SMILES string of the molecule is c1ccc(C[C@H]2CN=C(Nc3ccccc3)N2CC2CCCCC2)cc1. The Morgan fingerprint density at radius 2 is 1.58 bits per heavy atom. The monoisotopic (exact) mass is 347 g/mol. The van der Waals surface area contributed by atoms with Crippen LogP contribution in [0.4, 0.5) is 5.69 Å². The summed E-state index contributed by atoms with van der Waals surface area (Å²) in [5.41, 5.74) is 2.53. The van der Waals surface area contributed by atoms with Crippen LogP contribution in [0.25, 0.3) is 0 Å². The predicted octanol–water partition coefficient (Wildman–Crippen LogP) is 4.96. The molecule has 26 heavy (non-hydrogen) atoms. The second-order valence-electron chi connectivity index (χ2n) is 7.66. The highest BCUT2D eigenvalue weighted by Gasteiger charge is 2.30. The molecule has 2 aliphatic rings. The van der Waals surface area contributed by atoms with E-state index in [-0.39, 0.29) is 0 Å². The van der Waals surface area contributed by atoms with Crippen LogP contribution < -0.4 is 5.32 Å². The largest absolute Gasteiger partial charge is 0.337 e. The van der Waals surface area contributed by atoms with Crippen molar-refractivity contribution in [3.05, 3.63) is 66.2 Å². The molecule has 1 heterocycles. The number of hydrogen-bond donors (Lipinski definition) is 1. The maximum atomic E-state index is 4.89. The molecule has 0 saturated heterocycles. The number of guanidine groups is 1. The molecule has 0 unspecified atom stereocenters. The maximum Gasteiger partial charge on any atom is 0.198 e. The second kappa shape index (κ2) is 8.39. The van der Waals surface area contributed by atoms with Gasteiger partial charge in [0, 0.05) is 12.2 Å². The smallest absolute Gasteiger partial charge is 0.198 e. The molecule has 1 atom stereocenters. The molecule has 0 spiro atoms. The minimum absolute atomic E-state index is 0.463. The number of nitrogens with one attached hydrogen (secondary N) is 1. The van der Waals surface area contributed by atoms with Crippen LogP contribution in [-0.4, -0.2) is 30.0 Å². The van der Waals surface area contributed by atoms with Gasteiger partial charge in [0.05, 0.1) is 12.6 Å². The molecule has 1 N–H and O–H groups in total. The third kappa shape index (κ3) is 4.27. The zero-order valence-corrected chi connectivity index (χ0v) is 15.5. The third-order valence-electron chi connectivity index (χ3n) is 5.69. The first kappa shape index (κ1) is 17.1. The summed E-state index contributed by atoms with van der Waals surface area (Å²) >= 11 is 0. The van der Waals surface area contributed by atoms with Gasteiger partial charge in [0.25, 0.3) is 0 Å². The zero-order chi connectivity index (χ0) is 17.6. The summed E-state index contributed by atoms with van der Waals surface area (Å²) in [6.07, 6.45) is 7.99. The Balaban J connectivity index is 1.48. The molecule has 1 saturated carbocycles. The Morgan fingerprint density at radius 3 is 2.31 bits per heavy atom. The van der Waals surface area contributed by atoms with Crippen LogP contribution in [0.2, 0.25) is 0 Å². The minimum Gasteiger partial charge on any atom is -0.337 e. The number of hydrogen-bond acceptors (Lipinski definition) is 3. The van der Waals surface area contributed by atoms with Crippen molar-refractivity contribution in [1.82, 2.24) is 4.90 Å². The highest BCUT2D eigenvalue weighted by Crippen LogP contribution is 2.27. The highest BCUT2D eigenvalue weighted by molar-refractivity contribution is 5.95. The van der Waals surface area contributed by atoms with Crippen molar-refractivity contribution >= 4 is 11.6 Å². The van der Waals surface area contributed by atoms with Gasteiger partial charge in [-0.3, -0.25) is 4.99 Å². The summed E-state index contributed by atoms with van der Waals surface area (Å²) in [5.74, 6) is 1.87. The number of aliphatic imine (C=N–C) groups is 1. The van der Waals surface area contributed by atoms with Gasteiger partial charge < -0.3 is 10.2 Å². The van der Waals surface area contributed by atoms with Gasteiger partial charge in [-0.15, -0.1) is 0 Å². The van der Waals surface area contributed by atoms with Gasteiger partial charge >= 0.3 is 0 Å². The van der Waals surface area contributed by atoms with Crippen LogP contribution in [-0.2, 0) is 6.42 Å². The highest BCUT2D eigenvalue weighted by atomic mass is 15.4. The summed E-state index contributed by atoms with van der Waals surface area (Å²) in [4.78, 5) is 7.44. The molecule has 1 fully saturated rings. The molecule has 2 aromatic rings. The van der Waals surface area contributed by atoms with E-state index in [2.05, 4.69) is 70.9 Å². The topological polar surface area (TPSA) is 27.6 Å². The molecule has 2 aromatic carbocycles. The summed E-state index contributed by atoms with van der Waals surface area (Å²) in [5, 5.41) is 3.57. The Morgan fingerprint density at radius 1 is 0.885 bits per heavy atom. The van der Waals surface area contributed by atoms with E-state index in [0.29, 0.717) is 6.04 Å². The lowest BCUT2D eigenvalue weighted by Gasteiger charge is -2.33. The molecular formula is C23H29N3. The Bertz CT molecular complexity index is 705. The van der Waals surface area contributed by atoms with E-state index in [9.17, 15) is 0 Å². The van der Waals surface area contributed by atoms with E-state index in [0.717, 1.165) is 37.1 Å². The predicted molar refractivity (Wildman–Crippen MR) is 110 cm³/mol.